The summed E-state index contributed by atoms with van der Waals surface area (Å²) in [5.74, 6) is -1.64. The van der Waals surface area contributed by atoms with Crippen LogP contribution in [-0.4, -0.2) is 24.7 Å². The molecule has 5 aromatic rings. The molecule has 0 saturated carbocycles. The largest absolute Gasteiger partial charge is 1.00 e. The fraction of sp³-hybridized carbons (Fsp3) is 0.185. The predicted octanol–water partition coefficient (Wildman–Crippen LogP) is -0.761. The van der Waals surface area contributed by atoms with E-state index in [2.05, 4.69) is 10.2 Å². The molecular formula is C27H22Br2Cl4F2N6O. The minimum atomic E-state index is -1.85. The van der Waals surface area contributed by atoms with Crippen LogP contribution in [0.4, 0.5) is 8.78 Å². The molecule has 0 spiro atoms. The van der Waals surface area contributed by atoms with Crippen LogP contribution in [0.15, 0.2) is 79.9 Å². The van der Waals surface area contributed by atoms with Crippen molar-refractivity contribution in [2.45, 2.75) is 31.8 Å². The van der Waals surface area contributed by atoms with Gasteiger partial charge < -0.3 is 39.1 Å². The van der Waals surface area contributed by atoms with Crippen molar-refractivity contribution in [1.29, 1.82) is 0 Å². The van der Waals surface area contributed by atoms with Crippen LogP contribution < -0.4 is 43.1 Å². The first-order valence-electron chi connectivity index (χ1n) is 12.0. The molecule has 0 unspecified atom stereocenters. The Hall–Kier alpha value is -2.12. The van der Waals surface area contributed by atoms with Gasteiger partial charge in [-0.05, 0) is 30.3 Å². The SMILES string of the molecule is OC(Cn1c[n+](Cc2ccc(Cl)cc2Cl)cn1)(Cn1c[n+](Cc2ccc(Cl)cc2Cl)cn1)c1ccc(F)cc1F.[Br-].[Br-]. The number of rotatable bonds is 9. The first kappa shape index (κ1) is 34.4. The third-order valence-electron chi connectivity index (χ3n) is 6.28. The summed E-state index contributed by atoms with van der Waals surface area (Å²) in [5.41, 5.74) is -0.310. The molecule has 15 heteroatoms. The van der Waals surface area contributed by atoms with E-state index >= 15 is 0 Å². The molecule has 2 heterocycles. The molecule has 0 aliphatic rings. The van der Waals surface area contributed by atoms with Gasteiger partial charge in [-0.25, -0.2) is 17.9 Å². The van der Waals surface area contributed by atoms with Gasteiger partial charge in [-0.2, -0.15) is 0 Å². The van der Waals surface area contributed by atoms with Crippen LogP contribution in [0, 0.1) is 11.6 Å². The quantitative estimate of drug-likeness (QED) is 0.200. The highest BCUT2D eigenvalue weighted by Gasteiger charge is 2.39. The zero-order valence-corrected chi connectivity index (χ0v) is 27.7. The van der Waals surface area contributed by atoms with Gasteiger partial charge in [-0.1, -0.05) is 64.6 Å². The lowest BCUT2D eigenvalue weighted by Gasteiger charge is -2.24. The van der Waals surface area contributed by atoms with Gasteiger partial charge in [0.2, 0.25) is 12.7 Å². The lowest BCUT2D eigenvalue weighted by Crippen LogP contribution is -3.00. The first-order chi connectivity index (χ1) is 19.1. The number of halogens is 8. The zero-order valence-electron chi connectivity index (χ0n) is 21.5. The van der Waals surface area contributed by atoms with E-state index in [9.17, 15) is 13.9 Å². The molecule has 1 N–H and O–H groups in total. The summed E-state index contributed by atoms with van der Waals surface area (Å²) in [6, 6.07) is 13.4. The maximum absolute atomic E-state index is 15.0. The Labute approximate surface area is 281 Å². The summed E-state index contributed by atoms with van der Waals surface area (Å²) in [7, 11) is 0. The van der Waals surface area contributed by atoms with Gasteiger partial charge >= 0.3 is 0 Å². The molecule has 0 radical (unpaired) electrons. The van der Waals surface area contributed by atoms with E-state index in [1.54, 1.807) is 58.7 Å². The van der Waals surface area contributed by atoms with Crippen LogP contribution >= 0.6 is 46.4 Å². The van der Waals surface area contributed by atoms with Gasteiger partial charge in [0.05, 0.1) is 13.1 Å². The van der Waals surface area contributed by atoms with Gasteiger partial charge in [0.1, 0.15) is 24.7 Å². The Kier molecular flexibility index (Phi) is 11.9. The molecule has 0 aliphatic heterocycles. The Morgan fingerprint density at radius 2 is 1.19 bits per heavy atom. The van der Waals surface area contributed by atoms with Gasteiger partial charge in [0.15, 0.2) is 5.60 Å². The highest BCUT2D eigenvalue weighted by molar-refractivity contribution is 6.35. The molecule has 7 nitrogen and oxygen atoms in total. The number of hydrogen-bond acceptors (Lipinski definition) is 3. The second-order valence-electron chi connectivity index (χ2n) is 9.36. The molecule has 2 aromatic heterocycles. The Morgan fingerprint density at radius 3 is 1.62 bits per heavy atom. The fourth-order valence-electron chi connectivity index (χ4n) is 4.37. The van der Waals surface area contributed by atoms with Crippen LogP contribution in [0.5, 0.6) is 0 Å². The van der Waals surface area contributed by atoms with Crippen molar-refractivity contribution in [2.75, 3.05) is 0 Å². The molecule has 0 aliphatic carbocycles. The van der Waals surface area contributed by atoms with Crippen molar-refractivity contribution in [3.8, 4) is 0 Å². The molecule has 3 aromatic carbocycles. The molecule has 0 atom stereocenters. The molecule has 0 saturated heterocycles. The average Bonchev–Trinajstić information content (AvgIpc) is 3.51. The summed E-state index contributed by atoms with van der Waals surface area (Å²) < 4.78 is 35.2. The van der Waals surface area contributed by atoms with Crippen molar-refractivity contribution in [2.24, 2.45) is 0 Å². The van der Waals surface area contributed by atoms with E-state index in [1.165, 1.54) is 15.4 Å². The van der Waals surface area contributed by atoms with E-state index in [-0.39, 0.29) is 52.6 Å². The molecule has 42 heavy (non-hydrogen) atoms. The van der Waals surface area contributed by atoms with E-state index < -0.39 is 17.2 Å². The van der Waals surface area contributed by atoms with E-state index in [0.29, 0.717) is 33.2 Å². The van der Waals surface area contributed by atoms with E-state index in [1.807, 2.05) is 12.1 Å². The highest BCUT2D eigenvalue weighted by atomic mass is 79.9. The molecule has 222 valence electrons. The van der Waals surface area contributed by atoms with Crippen LogP contribution in [-0.2, 0) is 31.8 Å². The average molecular weight is 786 g/mol. The maximum Gasteiger partial charge on any atom is 0.265 e. The van der Waals surface area contributed by atoms with Crippen molar-refractivity contribution in [1.82, 2.24) is 19.6 Å². The number of aliphatic hydroxyl groups is 1. The molecule has 5 rings (SSSR count). The summed E-state index contributed by atoms with van der Waals surface area (Å²) in [6.45, 7) is 0.483. The van der Waals surface area contributed by atoms with Crippen molar-refractivity contribution in [3.63, 3.8) is 0 Å². The molecule has 0 amide bonds. The van der Waals surface area contributed by atoms with Gasteiger partial charge in [-0.15, -0.1) is 9.36 Å². The molecule has 0 bridgehead atoms. The Bertz CT molecular complexity index is 1590. The second-order valence-corrected chi connectivity index (χ2v) is 11.0. The van der Waals surface area contributed by atoms with E-state index in [4.69, 9.17) is 46.4 Å². The number of nitrogens with zero attached hydrogens (tertiary/aromatic N) is 6. The zero-order chi connectivity index (χ0) is 28.4. The van der Waals surface area contributed by atoms with Crippen LogP contribution in [0.25, 0.3) is 0 Å². The number of hydrogen-bond donors (Lipinski definition) is 1. The first-order valence-corrected chi connectivity index (χ1v) is 13.5. The maximum atomic E-state index is 15.0. The second kappa shape index (κ2) is 14.6. The number of benzene rings is 3. The summed E-state index contributed by atoms with van der Waals surface area (Å²) in [6.07, 6.45) is 6.43. The standard InChI is InChI=1S/C27H22Cl4F2N6O.2BrH/c28-20-3-1-18(24(30)7-20)10-36-14-34-38(16-36)12-27(40,23-6-5-22(32)9-26(23)33)13-39-17-37(15-35-39)11-19-2-4-21(29)8-25(19)31;;/h1-9,14-17,40H,10-13H2;2*1H/q+2;;/p-2. The Balaban J connectivity index is 0.00000242. The van der Waals surface area contributed by atoms with Crippen molar-refractivity contribution in [3.05, 3.63) is 128 Å². The van der Waals surface area contributed by atoms with Gasteiger partial charge in [0, 0.05) is 53.0 Å². The van der Waals surface area contributed by atoms with Crippen LogP contribution in [0.2, 0.25) is 20.1 Å². The number of aromatic nitrogens is 6. The summed E-state index contributed by atoms with van der Waals surface area (Å²) in [4.78, 5) is 0. The van der Waals surface area contributed by atoms with Crippen molar-refractivity contribution >= 4 is 46.4 Å². The van der Waals surface area contributed by atoms with Crippen LogP contribution in [0.3, 0.4) is 0 Å². The minimum Gasteiger partial charge on any atom is -1.00 e. The lowest BCUT2D eigenvalue weighted by molar-refractivity contribution is -0.689. The van der Waals surface area contributed by atoms with Gasteiger partial charge in [-0.3, -0.25) is 0 Å². The minimum absolute atomic E-state index is 0. The normalized spacial score (nSPS) is 11.2. The van der Waals surface area contributed by atoms with Gasteiger partial charge in [0.25, 0.3) is 12.7 Å². The summed E-state index contributed by atoms with van der Waals surface area (Å²) in [5, 5.41) is 22.6. The van der Waals surface area contributed by atoms with E-state index in [0.717, 1.165) is 23.3 Å². The topological polar surface area (TPSA) is 63.6 Å². The van der Waals surface area contributed by atoms with Crippen molar-refractivity contribution < 1.29 is 57.0 Å². The molecular weight excluding hydrogens is 764 g/mol. The summed E-state index contributed by atoms with van der Waals surface area (Å²) >= 11 is 24.6. The predicted molar refractivity (Wildman–Crippen MR) is 146 cm³/mol. The molecule has 0 fully saturated rings. The monoisotopic (exact) mass is 782 g/mol. The third-order valence-corrected chi connectivity index (χ3v) is 7.45. The fourth-order valence-corrected chi connectivity index (χ4v) is 5.31. The van der Waals surface area contributed by atoms with Crippen LogP contribution in [0.1, 0.15) is 16.7 Å². The third kappa shape index (κ3) is 8.28. The highest BCUT2D eigenvalue weighted by Crippen LogP contribution is 2.28. The lowest BCUT2D eigenvalue weighted by atomic mass is 9.93. The smallest absolute Gasteiger partial charge is 0.265 e. The Morgan fingerprint density at radius 1 is 0.714 bits per heavy atom.